The summed E-state index contributed by atoms with van der Waals surface area (Å²) in [5.74, 6) is -1.20. The van der Waals surface area contributed by atoms with E-state index in [0.29, 0.717) is 0 Å². The van der Waals surface area contributed by atoms with Crippen molar-refractivity contribution in [2.75, 3.05) is 6.61 Å². The Morgan fingerprint density at radius 3 is 2.32 bits per heavy atom. The van der Waals surface area contributed by atoms with E-state index in [2.05, 4.69) is 6.58 Å². The van der Waals surface area contributed by atoms with Crippen molar-refractivity contribution in [3.05, 3.63) is 48.0 Å². The first-order valence-electron chi connectivity index (χ1n) is 5.93. The van der Waals surface area contributed by atoms with Gasteiger partial charge in [-0.15, -0.1) is 0 Å². The zero-order valence-corrected chi connectivity index (χ0v) is 11.4. The molecule has 0 aliphatic rings. The van der Waals surface area contributed by atoms with Crippen LogP contribution in [0, 0.1) is 0 Å². The molecule has 0 saturated carbocycles. The molecule has 0 heterocycles. The number of hydrogen-bond acceptors (Lipinski definition) is 4. The van der Waals surface area contributed by atoms with Crippen LogP contribution in [0.5, 0.6) is 0 Å². The van der Waals surface area contributed by atoms with Crippen LogP contribution in [-0.2, 0) is 24.7 Å². The molecule has 0 N–H and O–H groups in total. The Morgan fingerprint density at radius 2 is 1.79 bits per heavy atom. The van der Waals surface area contributed by atoms with E-state index in [1.165, 1.54) is 6.92 Å². The van der Waals surface area contributed by atoms with Crippen LogP contribution in [0.1, 0.15) is 26.3 Å². The van der Waals surface area contributed by atoms with E-state index in [1.54, 1.807) is 13.8 Å². The van der Waals surface area contributed by atoms with Crippen molar-refractivity contribution >= 4 is 11.9 Å². The molecule has 0 aliphatic heterocycles. The number of rotatable bonds is 5. The first kappa shape index (κ1) is 15.0. The Hall–Kier alpha value is -2.10. The lowest BCUT2D eigenvalue weighted by atomic mass is 9.98. The molecule has 19 heavy (non-hydrogen) atoms. The summed E-state index contributed by atoms with van der Waals surface area (Å²) in [6, 6.07) is 9.36. The second-order valence-corrected chi connectivity index (χ2v) is 4.71. The van der Waals surface area contributed by atoms with Gasteiger partial charge < -0.3 is 9.47 Å². The van der Waals surface area contributed by atoms with E-state index in [0.717, 1.165) is 5.56 Å². The van der Waals surface area contributed by atoms with Crippen LogP contribution >= 0.6 is 0 Å². The lowest BCUT2D eigenvalue weighted by Gasteiger charge is -2.25. The zero-order chi connectivity index (χ0) is 14.5. The molecule has 0 aliphatic carbocycles. The average Bonchev–Trinajstić information content (AvgIpc) is 2.36. The van der Waals surface area contributed by atoms with Gasteiger partial charge in [0.25, 0.3) is 0 Å². The van der Waals surface area contributed by atoms with Crippen molar-refractivity contribution in [3.8, 4) is 0 Å². The topological polar surface area (TPSA) is 52.6 Å². The van der Waals surface area contributed by atoms with Crippen molar-refractivity contribution in [1.29, 1.82) is 0 Å². The summed E-state index contributed by atoms with van der Waals surface area (Å²) >= 11 is 0. The van der Waals surface area contributed by atoms with Gasteiger partial charge in [0, 0.05) is 5.57 Å². The maximum absolute atomic E-state index is 11.6. The Labute approximate surface area is 113 Å². The third-order valence-corrected chi connectivity index (χ3v) is 2.51. The molecule has 1 aromatic rings. The zero-order valence-electron chi connectivity index (χ0n) is 11.4. The molecule has 4 nitrogen and oxygen atoms in total. The van der Waals surface area contributed by atoms with Gasteiger partial charge in [-0.25, -0.2) is 9.59 Å². The lowest BCUT2D eigenvalue weighted by molar-refractivity contribution is -0.167. The van der Waals surface area contributed by atoms with Gasteiger partial charge in [-0.05, 0) is 26.3 Å². The fourth-order valence-electron chi connectivity index (χ4n) is 1.46. The number of hydrogen-bond donors (Lipinski definition) is 0. The molecular formula is C15H18O4. The molecule has 0 amide bonds. The molecule has 0 aromatic heterocycles. The monoisotopic (exact) mass is 262 g/mol. The van der Waals surface area contributed by atoms with E-state index in [9.17, 15) is 9.59 Å². The lowest BCUT2D eigenvalue weighted by Crippen LogP contribution is -2.28. The summed E-state index contributed by atoms with van der Waals surface area (Å²) < 4.78 is 10.0. The van der Waals surface area contributed by atoms with E-state index >= 15 is 0 Å². The molecular weight excluding hydrogens is 244 g/mol. The van der Waals surface area contributed by atoms with Gasteiger partial charge in [0.2, 0.25) is 0 Å². The minimum absolute atomic E-state index is 0.245. The number of carbonyl (C=O) groups is 2. The highest BCUT2D eigenvalue weighted by atomic mass is 16.6. The van der Waals surface area contributed by atoms with E-state index in [4.69, 9.17) is 9.47 Å². The largest absolute Gasteiger partial charge is 0.452 e. The highest BCUT2D eigenvalue weighted by Gasteiger charge is 2.25. The van der Waals surface area contributed by atoms with Crippen LogP contribution in [0.25, 0.3) is 0 Å². The standard InChI is InChI=1S/C15H18O4/c1-11(2)14(17)18-10-13(16)19-15(3,4)12-8-6-5-7-9-12/h5-9H,1,10H2,2-4H3. The Kier molecular flexibility index (Phi) is 4.87. The Morgan fingerprint density at radius 1 is 1.21 bits per heavy atom. The summed E-state index contributed by atoms with van der Waals surface area (Å²) in [6.45, 7) is 8.09. The molecule has 0 spiro atoms. The summed E-state index contributed by atoms with van der Waals surface area (Å²) in [5, 5.41) is 0. The normalized spacial score (nSPS) is 10.7. The van der Waals surface area contributed by atoms with Gasteiger partial charge >= 0.3 is 11.9 Å². The maximum atomic E-state index is 11.6. The Bertz CT molecular complexity index is 474. The van der Waals surface area contributed by atoms with Gasteiger partial charge in [0.1, 0.15) is 5.60 Å². The first-order valence-corrected chi connectivity index (χ1v) is 5.93. The number of esters is 2. The van der Waals surface area contributed by atoms with Crippen molar-refractivity contribution < 1.29 is 19.1 Å². The molecule has 0 saturated heterocycles. The minimum atomic E-state index is -0.770. The third-order valence-electron chi connectivity index (χ3n) is 2.51. The van der Waals surface area contributed by atoms with Crippen LogP contribution in [0.4, 0.5) is 0 Å². The molecule has 0 fully saturated rings. The van der Waals surface area contributed by atoms with Crippen LogP contribution in [0.3, 0.4) is 0 Å². The predicted molar refractivity (Wildman–Crippen MR) is 71.3 cm³/mol. The van der Waals surface area contributed by atoms with E-state index in [-0.39, 0.29) is 5.57 Å². The molecule has 4 heteroatoms. The van der Waals surface area contributed by atoms with Crippen LogP contribution in [0.2, 0.25) is 0 Å². The second-order valence-electron chi connectivity index (χ2n) is 4.71. The van der Waals surface area contributed by atoms with Gasteiger partial charge in [-0.2, -0.15) is 0 Å². The van der Waals surface area contributed by atoms with Crippen molar-refractivity contribution in [1.82, 2.24) is 0 Å². The Balaban J connectivity index is 2.57. The van der Waals surface area contributed by atoms with Crippen molar-refractivity contribution in [2.45, 2.75) is 26.4 Å². The summed E-state index contributed by atoms with van der Waals surface area (Å²) in [5.41, 5.74) is 0.346. The van der Waals surface area contributed by atoms with Crippen molar-refractivity contribution in [2.24, 2.45) is 0 Å². The maximum Gasteiger partial charge on any atom is 0.345 e. The second kappa shape index (κ2) is 6.18. The molecule has 0 unspecified atom stereocenters. The number of carbonyl (C=O) groups excluding carboxylic acids is 2. The van der Waals surface area contributed by atoms with Crippen LogP contribution < -0.4 is 0 Å². The smallest absolute Gasteiger partial charge is 0.345 e. The van der Waals surface area contributed by atoms with Gasteiger partial charge in [0.05, 0.1) is 0 Å². The molecule has 0 bridgehead atoms. The number of benzene rings is 1. The summed E-state index contributed by atoms with van der Waals surface area (Å²) in [4.78, 5) is 22.8. The minimum Gasteiger partial charge on any atom is -0.452 e. The average molecular weight is 262 g/mol. The molecule has 0 radical (unpaired) electrons. The highest BCUT2D eigenvalue weighted by molar-refractivity contribution is 5.88. The fraction of sp³-hybridized carbons (Fsp3) is 0.333. The summed E-state index contributed by atoms with van der Waals surface area (Å²) in [6.07, 6.45) is 0. The highest BCUT2D eigenvalue weighted by Crippen LogP contribution is 2.24. The van der Waals surface area contributed by atoms with E-state index in [1.807, 2.05) is 30.3 Å². The van der Waals surface area contributed by atoms with Crippen LogP contribution in [0.15, 0.2) is 42.5 Å². The fourth-order valence-corrected chi connectivity index (χ4v) is 1.46. The van der Waals surface area contributed by atoms with Gasteiger partial charge in [0.15, 0.2) is 6.61 Å². The van der Waals surface area contributed by atoms with E-state index < -0.39 is 24.1 Å². The quantitative estimate of drug-likeness (QED) is 0.604. The van der Waals surface area contributed by atoms with Gasteiger partial charge in [-0.1, -0.05) is 36.9 Å². The third kappa shape index (κ3) is 4.58. The first-order chi connectivity index (χ1) is 8.83. The predicted octanol–water partition coefficient (Wildman–Crippen LogP) is 2.58. The molecule has 102 valence electrons. The SMILES string of the molecule is C=C(C)C(=O)OCC(=O)OC(C)(C)c1ccccc1. The number of ether oxygens (including phenoxy) is 2. The molecule has 0 atom stereocenters. The van der Waals surface area contributed by atoms with Crippen LogP contribution in [-0.4, -0.2) is 18.5 Å². The summed E-state index contributed by atoms with van der Waals surface area (Å²) in [7, 11) is 0. The van der Waals surface area contributed by atoms with Gasteiger partial charge in [-0.3, -0.25) is 0 Å². The molecule has 1 aromatic carbocycles. The molecule has 1 rings (SSSR count). The van der Waals surface area contributed by atoms with Crippen molar-refractivity contribution in [3.63, 3.8) is 0 Å².